The Bertz CT molecular complexity index is 722. The molecule has 0 saturated carbocycles. The third-order valence-electron chi connectivity index (χ3n) is 4.62. The molecule has 1 saturated heterocycles. The maximum Gasteiger partial charge on any atom is 0.254 e. The van der Waals surface area contributed by atoms with Gasteiger partial charge in [0.25, 0.3) is 5.91 Å². The molecule has 1 aliphatic heterocycles. The first kappa shape index (κ1) is 17.3. The van der Waals surface area contributed by atoms with Crippen LogP contribution in [0, 0.1) is 6.92 Å². The average Bonchev–Trinajstić information content (AvgIpc) is 2.68. The molecular formula is C20H25N3O2. The number of hydrogen-bond acceptors (Lipinski definition) is 4. The smallest absolute Gasteiger partial charge is 0.254 e. The molecule has 1 aliphatic rings. The van der Waals surface area contributed by atoms with Crippen LogP contribution in [0.5, 0.6) is 5.75 Å². The molecule has 0 bridgehead atoms. The fraction of sp³-hybridized carbons (Fsp3) is 0.400. The van der Waals surface area contributed by atoms with Gasteiger partial charge in [0.2, 0.25) is 0 Å². The molecule has 1 aromatic carbocycles. The first-order valence-electron chi connectivity index (χ1n) is 8.80. The zero-order chi connectivity index (χ0) is 17.6. The second-order valence-electron chi connectivity index (χ2n) is 6.43. The van der Waals surface area contributed by atoms with E-state index in [1.165, 1.54) is 6.42 Å². The van der Waals surface area contributed by atoms with Crippen LogP contribution in [0.3, 0.4) is 0 Å². The molecule has 1 amide bonds. The lowest BCUT2D eigenvalue weighted by Gasteiger charge is -2.27. The number of piperidine rings is 1. The van der Waals surface area contributed by atoms with E-state index >= 15 is 0 Å². The van der Waals surface area contributed by atoms with Gasteiger partial charge in [0.05, 0.1) is 25.5 Å². The van der Waals surface area contributed by atoms with Crippen molar-refractivity contribution >= 4 is 11.6 Å². The number of ether oxygens (including phenoxy) is 1. The number of likely N-dealkylation sites (tertiary alicyclic amines) is 1. The highest BCUT2D eigenvalue weighted by molar-refractivity contribution is 5.96. The van der Waals surface area contributed by atoms with E-state index in [1.807, 2.05) is 42.2 Å². The molecular weight excluding hydrogens is 314 g/mol. The van der Waals surface area contributed by atoms with E-state index < -0.39 is 0 Å². The van der Waals surface area contributed by atoms with E-state index in [1.54, 1.807) is 13.3 Å². The van der Waals surface area contributed by atoms with Gasteiger partial charge in [-0.15, -0.1) is 0 Å². The fourth-order valence-corrected chi connectivity index (χ4v) is 3.06. The monoisotopic (exact) mass is 339 g/mol. The van der Waals surface area contributed by atoms with E-state index in [9.17, 15) is 4.79 Å². The van der Waals surface area contributed by atoms with Gasteiger partial charge in [-0.25, -0.2) is 0 Å². The van der Waals surface area contributed by atoms with Crippen LogP contribution in [0.4, 0.5) is 5.69 Å². The van der Waals surface area contributed by atoms with Crippen LogP contribution in [0.15, 0.2) is 36.5 Å². The molecule has 25 heavy (non-hydrogen) atoms. The number of amides is 1. The van der Waals surface area contributed by atoms with Crippen LogP contribution >= 0.6 is 0 Å². The number of hydrogen-bond donors (Lipinski definition) is 1. The molecule has 0 atom stereocenters. The molecule has 0 unspecified atom stereocenters. The van der Waals surface area contributed by atoms with Crippen LogP contribution in [-0.2, 0) is 6.54 Å². The quantitative estimate of drug-likeness (QED) is 0.904. The molecule has 1 N–H and O–H groups in total. The average molecular weight is 339 g/mol. The number of aryl methyl sites for hydroxylation is 1. The van der Waals surface area contributed by atoms with E-state index in [2.05, 4.69) is 10.3 Å². The molecule has 2 aromatic rings. The molecule has 0 spiro atoms. The van der Waals surface area contributed by atoms with Gasteiger partial charge in [-0.1, -0.05) is 6.07 Å². The van der Waals surface area contributed by atoms with Crippen LogP contribution in [0.2, 0.25) is 0 Å². The molecule has 5 heteroatoms. The fourth-order valence-electron chi connectivity index (χ4n) is 3.06. The molecule has 5 nitrogen and oxygen atoms in total. The number of rotatable bonds is 5. The van der Waals surface area contributed by atoms with Gasteiger partial charge in [-0.05, 0) is 56.0 Å². The largest absolute Gasteiger partial charge is 0.495 e. The Morgan fingerprint density at radius 1 is 1.20 bits per heavy atom. The lowest BCUT2D eigenvalue weighted by molar-refractivity contribution is 0.0723. The van der Waals surface area contributed by atoms with Crippen molar-refractivity contribution in [2.75, 3.05) is 25.5 Å². The minimum atomic E-state index is 0.142. The standard InChI is InChI=1S/C20H25N3O2/c1-15-6-7-16(21-13-17-8-9-18(25-2)14-22-17)12-19(15)20(24)23-10-4-3-5-11-23/h6-9,12,14,21H,3-5,10-11,13H2,1-2H3. The summed E-state index contributed by atoms with van der Waals surface area (Å²) in [5, 5.41) is 3.35. The summed E-state index contributed by atoms with van der Waals surface area (Å²) in [6, 6.07) is 9.78. The number of methoxy groups -OCH3 is 1. The summed E-state index contributed by atoms with van der Waals surface area (Å²) < 4.78 is 5.12. The summed E-state index contributed by atoms with van der Waals surface area (Å²) in [7, 11) is 1.63. The Morgan fingerprint density at radius 3 is 2.68 bits per heavy atom. The Morgan fingerprint density at radius 2 is 2.00 bits per heavy atom. The molecule has 3 rings (SSSR count). The third-order valence-corrected chi connectivity index (χ3v) is 4.62. The van der Waals surface area contributed by atoms with E-state index in [0.29, 0.717) is 6.54 Å². The second-order valence-corrected chi connectivity index (χ2v) is 6.43. The molecule has 132 valence electrons. The van der Waals surface area contributed by atoms with Crippen molar-refractivity contribution in [3.8, 4) is 5.75 Å². The maximum atomic E-state index is 12.8. The number of carbonyl (C=O) groups is 1. The van der Waals surface area contributed by atoms with Crippen molar-refractivity contribution in [3.63, 3.8) is 0 Å². The summed E-state index contributed by atoms with van der Waals surface area (Å²) >= 11 is 0. The third kappa shape index (κ3) is 4.29. The predicted octanol–water partition coefficient (Wildman–Crippen LogP) is 3.64. The van der Waals surface area contributed by atoms with Gasteiger partial charge < -0.3 is 15.0 Å². The first-order chi connectivity index (χ1) is 12.2. The predicted molar refractivity (Wildman–Crippen MR) is 99.0 cm³/mol. The molecule has 0 aliphatic carbocycles. The lowest BCUT2D eigenvalue weighted by atomic mass is 10.0. The number of anilines is 1. The topological polar surface area (TPSA) is 54.5 Å². The number of pyridine rings is 1. The summed E-state index contributed by atoms with van der Waals surface area (Å²) in [6.45, 7) is 4.33. The highest BCUT2D eigenvalue weighted by Crippen LogP contribution is 2.20. The Kier molecular flexibility index (Phi) is 5.53. The van der Waals surface area contributed by atoms with Crippen molar-refractivity contribution in [3.05, 3.63) is 53.3 Å². The van der Waals surface area contributed by atoms with Crippen LogP contribution in [0.25, 0.3) is 0 Å². The van der Waals surface area contributed by atoms with E-state index in [-0.39, 0.29) is 5.91 Å². The summed E-state index contributed by atoms with van der Waals surface area (Å²) in [5.41, 5.74) is 3.66. The number of benzene rings is 1. The van der Waals surface area contributed by atoms with Crippen molar-refractivity contribution in [2.45, 2.75) is 32.7 Å². The molecule has 0 radical (unpaired) electrons. The molecule has 1 aromatic heterocycles. The highest BCUT2D eigenvalue weighted by Gasteiger charge is 2.19. The Labute approximate surface area is 149 Å². The van der Waals surface area contributed by atoms with Gasteiger partial charge in [0, 0.05) is 24.3 Å². The van der Waals surface area contributed by atoms with Crippen LogP contribution < -0.4 is 10.1 Å². The second kappa shape index (κ2) is 8.01. The van der Waals surface area contributed by atoms with Crippen LogP contribution in [0.1, 0.15) is 40.9 Å². The van der Waals surface area contributed by atoms with Gasteiger partial charge in [0.15, 0.2) is 0 Å². The van der Waals surface area contributed by atoms with Gasteiger partial charge in [0.1, 0.15) is 5.75 Å². The number of aromatic nitrogens is 1. The van der Waals surface area contributed by atoms with Crippen LogP contribution in [-0.4, -0.2) is 36.0 Å². The minimum Gasteiger partial charge on any atom is -0.495 e. The van der Waals surface area contributed by atoms with Crippen molar-refractivity contribution in [1.29, 1.82) is 0 Å². The zero-order valence-corrected chi connectivity index (χ0v) is 14.9. The zero-order valence-electron chi connectivity index (χ0n) is 14.9. The summed E-state index contributed by atoms with van der Waals surface area (Å²) in [5.74, 6) is 0.886. The summed E-state index contributed by atoms with van der Waals surface area (Å²) in [6.07, 6.45) is 5.13. The highest BCUT2D eigenvalue weighted by atomic mass is 16.5. The van der Waals surface area contributed by atoms with Crippen molar-refractivity contribution in [1.82, 2.24) is 9.88 Å². The van der Waals surface area contributed by atoms with Crippen molar-refractivity contribution < 1.29 is 9.53 Å². The Balaban J connectivity index is 1.68. The minimum absolute atomic E-state index is 0.142. The summed E-state index contributed by atoms with van der Waals surface area (Å²) in [4.78, 5) is 19.1. The van der Waals surface area contributed by atoms with Gasteiger partial charge in [-0.3, -0.25) is 9.78 Å². The lowest BCUT2D eigenvalue weighted by Crippen LogP contribution is -2.36. The Hall–Kier alpha value is -2.56. The van der Waals surface area contributed by atoms with Gasteiger partial charge >= 0.3 is 0 Å². The van der Waals surface area contributed by atoms with Gasteiger partial charge in [-0.2, -0.15) is 0 Å². The number of nitrogens with zero attached hydrogens (tertiary/aromatic N) is 2. The number of nitrogens with one attached hydrogen (secondary N) is 1. The maximum absolute atomic E-state index is 12.8. The number of carbonyl (C=O) groups excluding carboxylic acids is 1. The van der Waals surface area contributed by atoms with E-state index in [4.69, 9.17) is 4.74 Å². The SMILES string of the molecule is COc1ccc(CNc2ccc(C)c(C(=O)N3CCCCC3)c2)nc1. The molecule has 1 fully saturated rings. The van der Waals surface area contributed by atoms with E-state index in [0.717, 1.165) is 54.2 Å². The molecule has 2 heterocycles. The first-order valence-corrected chi connectivity index (χ1v) is 8.80. The van der Waals surface area contributed by atoms with Crippen molar-refractivity contribution in [2.24, 2.45) is 0 Å². The normalized spacial score (nSPS) is 14.2.